The van der Waals surface area contributed by atoms with Crippen molar-refractivity contribution >= 4 is 5.78 Å². The van der Waals surface area contributed by atoms with Crippen molar-refractivity contribution in [3.63, 3.8) is 0 Å². The van der Waals surface area contributed by atoms with E-state index in [-0.39, 0.29) is 12.0 Å². The molecule has 1 saturated carbocycles. The van der Waals surface area contributed by atoms with Crippen LogP contribution in [0.5, 0.6) is 0 Å². The van der Waals surface area contributed by atoms with Crippen LogP contribution in [0, 0.1) is 11.8 Å². The number of nitrogens with zero attached hydrogens (tertiary/aromatic N) is 1. The van der Waals surface area contributed by atoms with Gasteiger partial charge in [-0.2, -0.15) is 0 Å². The van der Waals surface area contributed by atoms with E-state index in [1.165, 1.54) is 32.1 Å². The van der Waals surface area contributed by atoms with Crippen molar-refractivity contribution in [1.29, 1.82) is 0 Å². The van der Waals surface area contributed by atoms with Gasteiger partial charge in [0.2, 0.25) is 0 Å². The maximum Gasteiger partial charge on any atom is 0.152 e. The Morgan fingerprint density at radius 2 is 1.81 bits per heavy atom. The molecule has 1 atom stereocenters. The van der Waals surface area contributed by atoms with Gasteiger partial charge in [-0.3, -0.25) is 9.69 Å². The highest BCUT2D eigenvalue weighted by Gasteiger charge is 2.31. The number of rotatable bonds is 9. The number of hydrogen-bond acceptors (Lipinski definition) is 2. The number of hydrogen-bond donors (Lipinski definition) is 0. The summed E-state index contributed by atoms with van der Waals surface area (Å²) in [6.45, 7) is 13.3. The van der Waals surface area contributed by atoms with Gasteiger partial charge in [-0.15, -0.1) is 6.58 Å². The van der Waals surface area contributed by atoms with E-state index < -0.39 is 0 Å². The molecule has 0 unspecified atom stereocenters. The first-order chi connectivity index (χ1) is 9.97. The van der Waals surface area contributed by atoms with Crippen LogP contribution in [0.25, 0.3) is 0 Å². The van der Waals surface area contributed by atoms with Crippen LogP contribution < -0.4 is 0 Å². The lowest BCUT2D eigenvalue weighted by Gasteiger charge is -2.37. The highest BCUT2D eigenvalue weighted by atomic mass is 16.1. The summed E-state index contributed by atoms with van der Waals surface area (Å²) < 4.78 is 0. The molecule has 1 fully saturated rings. The molecule has 0 bridgehead atoms. The van der Waals surface area contributed by atoms with E-state index >= 15 is 0 Å². The quantitative estimate of drug-likeness (QED) is 0.567. The normalized spacial score (nSPS) is 18.4. The van der Waals surface area contributed by atoms with Crippen LogP contribution in [0.15, 0.2) is 12.7 Å². The minimum absolute atomic E-state index is 0.105. The summed E-state index contributed by atoms with van der Waals surface area (Å²) in [4.78, 5) is 15.2. The number of carbonyl (C=O) groups is 1. The first kappa shape index (κ1) is 18.4. The highest BCUT2D eigenvalue weighted by molar-refractivity contribution is 5.85. The molecule has 2 heteroatoms. The van der Waals surface area contributed by atoms with Crippen molar-refractivity contribution in [1.82, 2.24) is 4.90 Å². The molecule has 122 valence electrons. The molecular formula is C19H35NO. The Kier molecular flexibility index (Phi) is 8.24. The van der Waals surface area contributed by atoms with Crippen molar-refractivity contribution in [2.24, 2.45) is 11.8 Å². The van der Waals surface area contributed by atoms with Crippen LogP contribution in [0.4, 0.5) is 0 Å². The second-order valence-corrected chi connectivity index (χ2v) is 7.22. The van der Waals surface area contributed by atoms with Gasteiger partial charge in [0.05, 0.1) is 6.04 Å². The van der Waals surface area contributed by atoms with E-state index in [1.54, 1.807) is 0 Å². The van der Waals surface area contributed by atoms with Crippen LogP contribution in [0.1, 0.15) is 72.6 Å². The van der Waals surface area contributed by atoms with Crippen LogP contribution in [-0.4, -0.2) is 29.3 Å². The molecule has 0 aliphatic heterocycles. The molecule has 1 aliphatic carbocycles. The zero-order valence-electron chi connectivity index (χ0n) is 14.6. The van der Waals surface area contributed by atoms with Crippen molar-refractivity contribution in [2.75, 3.05) is 6.54 Å². The monoisotopic (exact) mass is 293 g/mol. The Labute approximate surface area is 132 Å². The predicted octanol–water partition coefficient (Wildman–Crippen LogP) is 4.84. The fourth-order valence-electron chi connectivity index (χ4n) is 3.55. The standard InChI is InChI=1S/C19H35NO/c1-6-7-13-20(16(4)5)18(19(21)15(2)3)14-17-11-9-8-10-12-17/h6,15-18H,1,7-14H2,2-5H3/t18-/m0/s1. The van der Waals surface area contributed by atoms with E-state index in [0.29, 0.717) is 11.8 Å². The van der Waals surface area contributed by atoms with E-state index in [9.17, 15) is 4.79 Å². The lowest BCUT2D eigenvalue weighted by molar-refractivity contribution is -0.129. The van der Waals surface area contributed by atoms with Gasteiger partial charge in [0.1, 0.15) is 0 Å². The zero-order chi connectivity index (χ0) is 15.8. The summed E-state index contributed by atoms with van der Waals surface area (Å²) in [5.74, 6) is 1.30. The zero-order valence-corrected chi connectivity index (χ0v) is 14.6. The van der Waals surface area contributed by atoms with Gasteiger partial charge in [-0.05, 0) is 32.6 Å². The number of carbonyl (C=O) groups excluding carboxylic acids is 1. The number of ketones is 1. The summed E-state index contributed by atoms with van der Waals surface area (Å²) in [6.07, 6.45) is 10.7. The fourth-order valence-corrected chi connectivity index (χ4v) is 3.55. The van der Waals surface area contributed by atoms with Crippen LogP contribution in [0.2, 0.25) is 0 Å². The van der Waals surface area contributed by atoms with Gasteiger partial charge >= 0.3 is 0 Å². The van der Waals surface area contributed by atoms with Gasteiger partial charge in [-0.25, -0.2) is 0 Å². The largest absolute Gasteiger partial charge is 0.298 e. The van der Waals surface area contributed by atoms with Gasteiger partial charge in [0.25, 0.3) is 0 Å². The Morgan fingerprint density at radius 3 is 2.29 bits per heavy atom. The van der Waals surface area contributed by atoms with Crippen LogP contribution >= 0.6 is 0 Å². The third-order valence-electron chi connectivity index (χ3n) is 4.83. The Morgan fingerprint density at radius 1 is 1.19 bits per heavy atom. The van der Waals surface area contributed by atoms with E-state index in [1.807, 2.05) is 19.9 Å². The maximum absolute atomic E-state index is 12.8. The molecule has 1 aliphatic rings. The second kappa shape index (κ2) is 9.40. The first-order valence-corrected chi connectivity index (χ1v) is 8.87. The molecule has 0 aromatic heterocycles. The molecule has 0 amide bonds. The molecule has 0 heterocycles. The maximum atomic E-state index is 12.8. The molecule has 0 saturated heterocycles. The highest BCUT2D eigenvalue weighted by Crippen LogP contribution is 2.30. The Hall–Kier alpha value is -0.630. The summed E-state index contributed by atoms with van der Waals surface area (Å²) >= 11 is 0. The predicted molar refractivity (Wildman–Crippen MR) is 91.5 cm³/mol. The molecular weight excluding hydrogens is 258 g/mol. The molecule has 0 aromatic rings. The van der Waals surface area contributed by atoms with Crippen LogP contribution in [-0.2, 0) is 4.79 Å². The lowest BCUT2D eigenvalue weighted by Crippen LogP contribution is -2.48. The molecule has 0 spiro atoms. The second-order valence-electron chi connectivity index (χ2n) is 7.22. The third-order valence-corrected chi connectivity index (χ3v) is 4.83. The average molecular weight is 293 g/mol. The Balaban J connectivity index is 2.81. The van der Waals surface area contributed by atoms with Crippen molar-refractivity contribution in [3.05, 3.63) is 12.7 Å². The topological polar surface area (TPSA) is 20.3 Å². The summed E-state index contributed by atoms with van der Waals surface area (Å²) in [7, 11) is 0. The Bertz CT molecular complexity index is 316. The SMILES string of the molecule is C=CCCN(C(C)C)[C@@H](CC1CCCCC1)C(=O)C(C)C. The third kappa shape index (κ3) is 5.94. The number of Topliss-reactive ketones (excluding diaryl/α,β-unsaturated/α-hetero) is 1. The summed E-state index contributed by atoms with van der Waals surface area (Å²) in [5, 5.41) is 0. The first-order valence-electron chi connectivity index (χ1n) is 8.87. The lowest BCUT2D eigenvalue weighted by atomic mass is 9.82. The van der Waals surface area contributed by atoms with Crippen LogP contribution in [0.3, 0.4) is 0 Å². The fraction of sp³-hybridized carbons (Fsp3) is 0.842. The van der Waals surface area contributed by atoms with Crippen molar-refractivity contribution in [2.45, 2.75) is 84.7 Å². The van der Waals surface area contributed by atoms with Crippen molar-refractivity contribution in [3.8, 4) is 0 Å². The van der Waals surface area contributed by atoms with E-state index in [2.05, 4.69) is 25.3 Å². The molecule has 0 N–H and O–H groups in total. The van der Waals surface area contributed by atoms with E-state index in [4.69, 9.17) is 0 Å². The van der Waals surface area contributed by atoms with Gasteiger partial charge in [-0.1, -0.05) is 52.0 Å². The average Bonchev–Trinajstić information content (AvgIpc) is 2.46. The molecule has 0 radical (unpaired) electrons. The van der Waals surface area contributed by atoms with Gasteiger partial charge in [0, 0.05) is 18.5 Å². The molecule has 21 heavy (non-hydrogen) atoms. The molecule has 2 nitrogen and oxygen atoms in total. The van der Waals surface area contributed by atoms with E-state index in [0.717, 1.165) is 25.3 Å². The summed E-state index contributed by atoms with van der Waals surface area (Å²) in [5.41, 5.74) is 0. The molecule has 1 rings (SSSR count). The van der Waals surface area contributed by atoms with Gasteiger partial charge in [0.15, 0.2) is 5.78 Å². The minimum atomic E-state index is 0.105. The summed E-state index contributed by atoms with van der Waals surface area (Å²) in [6, 6.07) is 0.522. The smallest absolute Gasteiger partial charge is 0.152 e. The van der Waals surface area contributed by atoms with Crippen molar-refractivity contribution < 1.29 is 4.79 Å². The van der Waals surface area contributed by atoms with Gasteiger partial charge < -0.3 is 0 Å². The molecule has 0 aromatic carbocycles. The minimum Gasteiger partial charge on any atom is -0.298 e.